The van der Waals surface area contributed by atoms with Gasteiger partial charge in [-0.05, 0) is 84.1 Å². The predicted octanol–water partition coefficient (Wildman–Crippen LogP) is 10.2. The molecule has 13 nitrogen and oxygen atoms in total. The van der Waals surface area contributed by atoms with E-state index >= 15 is 0 Å². The number of anilines is 1. The standard InChI is InChI=1S/C50H49N3O10S2/c1-49(2)42(51(39-26-23-33-15-10-12-17-37(33)47(39)49)30-14-6-9-21-46(56)61-53-44(54)28-29-45(53)55)19-7-5-8-20-43-50(3,4)48-38-18-13-11-16-34(38)24-27-40(48)52(43)32-35-22-25-36(65(58,59)60)31-41(35)64-63-62-57/h5,7-8,10-13,15-20,22-27,31H,6,9,14,21,28-30,32H2,1-4H3,(H-,57,58,59,60)/p+1. The van der Waals surface area contributed by atoms with Gasteiger partial charge in [0.1, 0.15) is 0 Å². The monoisotopic (exact) mass is 916 g/mol. The molecule has 5 aromatic carbocycles. The Bertz CT molecular complexity index is 2960. The molecule has 5 aromatic rings. The van der Waals surface area contributed by atoms with Gasteiger partial charge in [0.05, 0.1) is 22.4 Å². The lowest BCUT2D eigenvalue weighted by Gasteiger charge is -2.27. The smallest absolute Gasteiger partial charge is 0.333 e. The van der Waals surface area contributed by atoms with Crippen LogP contribution in [0.1, 0.15) is 82.9 Å². The molecule has 3 aliphatic rings. The Morgan fingerprint density at radius 2 is 1.49 bits per heavy atom. The summed E-state index contributed by atoms with van der Waals surface area (Å²) in [4.78, 5) is 43.7. The zero-order chi connectivity index (χ0) is 46.1. The van der Waals surface area contributed by atoms with Gasteiger partial charge >= 0.3 is 5.97 Å². The molecule has 0 aromatic heterocycles. The van der Waals surface area contributed by atoms with E-state index in [-0.39, 0.29) is 29.6 Å². The highest BCUT2D eigenvalue weighted by Crippen LogP contribution is 2.51. The summed E-state index contributed by atoms with van der Waals surface area (Å²) in [5.41, 5.74) is 6.45. The van der Waals surface area contributed by atoms with E-state index in [9.17, 15) is 27.4 Å². The molecule has 0 radical (unpaired) electrons. The first-order valence-corrected chi connectivity index (χ1v) is 23.6. The van der Waals surface area contributed by atoms with Gasteiger partial charge in [0.2, 0.25) is 5.69 Å². The van der Waals surface area contributed by atoms with Gasteiger partial charge in [-0.3, -0.25) is 14.1 Å². The molecule has 0 unspecified atom stereocenters. The van der Waals surface area contributed by atoms with Crippen LogP contribution >= 0.6 is 12.0 Å². The SMILES string of the molecule is CC1(C)C(/C=C/C=C/C=C2\N(CCCCCC(=O)ON3C(=O)CCC3=O)c3ccc4ccccc4c3C2(C)C)=[N+](Cc2ccc(S(=O)(=O)O)cc2SOOO)c2ccc3ccccc3c21. The van der Waals surface area contributed by atoms with Crippen molar-refractivity contribution >= 4 is 78.6 Å². The van der Waals surface area contributed by atoms with Crippen LogP contribution in [-0.4, -0.2) is 57.9 Å². The number of benzene rings is 5. The molecule has 1 fully saturated rings. The number of hydrogen-bond acceptors (Lipinski definition) is 11. The lowest BCUT2D eigenvalue weighted by Crippen LogP contribution is -2.32. The highest BCUT2D eigenvalue weighted by molar-refractivity contribution is 7.94. The van der Waals surface area contributed by atoms with E-state index in [1.165, 1.54) is 23.1 Å². The minimum absolute atomic E-state index is 0.0564. The molecule has 3 aliphatic heterocycles. The van der Waals surface area contributed by atoms with Crippen molar-refractivity contribution in [3.8, 4) is 0 Å². The van der Waals surface area contributed by atoms with Crippen LogP contribution in [0, 0.1) is 0 Å². The maximum atomic E-state index is 12.5. The fourth-order valence-electron chi connectivity index (χ4n) is 9.49. The Balaban J connectivity index is 1.09. The lowest BCUT2D eigenvalue weighted by atomic mass is 9.79. The minimum Gasteiger partial charge on any atom is -0.344 e. The van der Waals surface area contributed by atoms with Gasteiger partial charge in [-0.15, -0.1) is 9.40 Å². The number of carbonyl (C=O) groups is 3. The fourth-order valence-corrected chi connectivity index (χ4v) is 10.6. The van der Waals surface area contributed by atoms with Crippen LogP contribution in [0.15, 0.2) is 137 Å². The Hall–Kier alpha value is -5.94. The third kappa shape index (κ3) is 9.04. The van der Waals surface area contributed by atoms with E-state index < -0.39 is 33.3 Å². The van der Waals surface area contributed by atoms with E-state index in [1.54, 1.807) is 6.07 Å². The average molecular weight is 917 g/mol. The number of fused-ring (bicyclic) bond motifs is 6. The number of carbonyl (C=O) groups excluding carboxylic acids is 3. The largest absolute Gasteiger partial charge is 0.344 e. The summed E-state index contributed by atoms with van der Waals surface area (Å²) in [6, 6.07) is 29.4. The van der Waals surface area contributed by atoms with Gasteiger partial charge < -0.3 is 9.74 Å². The maximum Gasteiger partial charge on any atom is 0.333 e. The van der Waals surface area contributed by atoms with Crippen LogP contribution in [0.5, 0.6) is 0 Å². The molecule has 0 atom stereocenters. The number of hydroxylamine groups is 2. The van der Waals surface area contributed by atoms with Crippen LogP contribution in [0.2, 0.25) is 0 Å². The first kappa shape index (κ1) is 45.6. The van der Waals surface area contributed by atoms with E-state index in [2.05, 4.69) is 115 Å². The minimum atomic E-state index is -4.52. The Labute approximate surface area is 382 Å². The second-order valence-electron chi connectivity index (χ2n) is 17.4. The van der Waals surface area contributed by atoms with E-state index in [0.29, 0.717) is 47.1 Å². The molecule has 0 aliphatic carbocycles. The number of nitrogens with zero attached hydrogens (tertiary/aromatic N) is 3. The quantitative estimate of drug-likeness (QED) is 0.0141. The van der Waals surface area contributed by atoms with E-state index in [0.717, 1.165) is 57.3 Å². The van der Waals surface area contributed by atoms with Crippen molar-refractivity contribution in [3.05, 3.63) is 144 Å². The van der Waals surface area contributed by atoms with Crippen molar-refractivity contribution in [2.45, 2.75) is 93.4 Å². The number of hydrogen-bond donors (Lipinski definition) is 2. The summed E-state index contributed by atoms with van der Waals surface area (Å²) in [7, 11) is -4.52. The molecule has 1 saturated heterocycles. The lowest BCUT2D eigenvalue weighted by molar-refractivity contribution is -0.455. The molecule has 0 spiro atoms. The van der Waals surface area contributed by atoms with Gasteiger partial charge in [0.15, 0.2) is 12.3 Å². The zero-order valence-corrected chi connectivity index (χ0v) is 38.2. The number of imide groups is 1. The molecular formula is C50H50N3O10S2+. The van der Waals surface area contributed by atoms with Crippen LogP contribution in [0.3, 0.4) is 0 Å². The maximum absolute atomic E-state index is 12.5. The van der Waals surface area contributed by atoms with Crippen LogP contribution < -0.4 is 4.90 Å². The number of unbranched alkanes of at least 4 members (excludes halogenated alkanes) is 2. The van der Waals surface area contributed by atoms with Gasteiger partial charge in [-0.2, -0.15) is 13.0 Å². The summed E-state index contributed by atoms with van der Waals surface area (Å²) in [6.45, 7) is 9.85. The molecule has 15 heteroatoms. The highest BCUT2D eigenvalue weighted by atomic mass is 32.2. The molecule has 8 rings (SSSR count). The Kier molecular flexibility index (Phi) is 13.0. The summed E-state index contributed by atoms with van der Waals surface area (Å²) in [5, 5.41) is 18.0. The van der Waals surface area contributed by atoms with Crippen LogP contribution in [-0.2, 0) is 56.1 Å². The zero-order valence-electron chi connectivity index (χ0n) is 36.5. The van der Waals surface area contributed by atoms with Gasteiger partial charge in [0, 0.05) is 70.8 Å². The fraction of sp³-hybridized carbons (Fsp3) is 0.280. The topological polar surface area (TPSA) is 163 Å². The predicted molar refractivity (Wildman–Crippen MR) is 249 cm³/mol. The summed E-state index contributed by atoms with van der Waals surface area (Å²) >= 11 is 0.628. The first-order chi connectivity index (χ1) is 31.1. The highest BCUT2D eigenvalue weighted by Gasteiger charge is 2.46. The first-order valence-electron chi connectivity index (χ1n) is 21.5. The molecular weight excluding hydrogens is 867 g/mol. The molecule has 336 valence electrons. The molecule has 0 bridgehead atoms. The average Bonchev–Trinajstić information content (AvgIpc) is 3.80. The normalized spacial score (nSPS) is 17.5. The second kappa shape index (κ2) is 18.5. The van der Waals surface area contributed by atoms with Crippen molar-refractivity contribution in [2.24, 2.45) is 0 Å². The van der Waals surface area contributed by atoms with Crippen molar-refractivity contribution in [3.63, 3.8) is 0 Å². The Morgan fingerprint density at radius 3 is 2.18 bits per heavy atom. The molecule has 2 N–H and O–H groups in total. The number of allylic oxidation sites excluding steroid dienone is 6. The van der Waals surface area contributed by atoms with E-state index in [1.807, 2.05) is 30.4 Å². The van der Waals surface area contributed by atoms with E-state index in [4.69, 9.17) is 14.4 Å². The summed E-state index contributed by atoms with van der Waals surface area (Å²) in [5.74, 6) is -1.57. The summed E-state index contributed by atoms with van der Waals surface area (Å²) < 4.78 is 40.9. The van der Waals surface area contributed by atoms with Gasteiger partial charge in [0.25, 0.3) is 21.9 Å². The van der Waals surface area contributed by atoms with Gasteiger partial charge in [-0.25, -0.2) is 10.1 Å². The molecule has 2 amide bonds. The molecule has 3 heterocycles. The Morgan fingerprint density at radius 1 is 0.815 bits per heavy atom. The molecule has 0 saturated carbocycles. The number of amides is 2. The number of rotatable bonds is 16. The van der Waals surface area contributed by atoms with Crippen molar-refractivity contribution in [2.75, 3.05) is 11.4 Å². The summed E-state index contributed by atoms with van der Waals surface area (Å²) in [6.07, 6.45) is 12.6. The third-order valence-electron chi connectivity index (χ3n) is 12.5. The van der Waals surface area contributed by atoms with Crippen LogP contribution in [0.4, 0.5) is 11.4 Å². The van der Waals surface area contributed by atoms with Crippen molar-refractivity contribution < 1.29 is 51.4 Å². The molecule has 65 heavy (non-hydrogen) atoms. The van der Waals surface area contributed by atoms with Crippen LogP contribution in [0.25, 0.3) is 21.5 Å². The van der Waals surface area contributed by atoms with Crippen molar-refractivity contribution in [1.82, 2.24) is 5.06 Å². The van der Waals surface area contributed by atoms with Crippen molar-refractivity contribution in [1.29, 1.82) is 0 Å². The van der Waals surface area contributed by atoms with Gasteiger partial charge in [-0.1, -0.05) is 104 Å². The third-order valence-corrected chi connectivity index (χ3v) is 14.1. The second-order valence-corrected chi connectivity index (χ2v) is 19.5.